The average molecular weight is 417 g/mol. The number of hydrogen-bond acceptors (Lipinski definition) is 3. The number of aromatic amines is 1. The van der Waals surface area contributed by atoms with Gasteiger partial charge in [0.2, 0.25) is 0 Å². The van der Waals surface area contributed by atoms with Crippen molar-refractivity contribution in [1.29, 1.82) is 0 Å². The maximum Gasteiger partial charge on any atom is 0.253 e. The Labute approximate surface area is 171 Å². The Balaban J connectivity index is 1.35. The lowest BCUT2D eigenvalue weighted by Crippen LogP contribution is -2.44. The van der Waals surface area contributed by atoms with Gasteiger partial charge in [0.25, 0.3) is 5.91 Å². The number of benzene rings is 2. The van der Waals surface area contributed by atoms with E-state index in [0.717, 1.165) is 49.1 Å². The summed E-state index contributed by atoms with van der Waals surface area (Å²) in [5.74, 6) is -0.235. The summed E-state index contributed by atoms with van der Waals surface area (Å²) in [7, 11) is 0. The van der Waals surface area contributed by atoms with E-state index in [9.17, 15) is 13.6 Å². The molecule has 1 aliphatic rings. The first-order chi connectivity index (χ1) is 14.0. The zero-order valence-electron chi connectivity index (χ0n) is 15.5. The van der Waals surface area contributed by atoms with Crippen molar-refractivity contribution in [2.75, 3.05) is 18.0 Å². The first-order valence-electron chi connectivity index (χ1n) is 9.32. The number of aromatic nitrogens is 2. The highest BCUT2D eigenvalue weighted by atomic mass is 35.5. The van der Waals surface area contributed by atoms with Crippen molar-refractivity contribution in [3.8, 4) is 11.3 Å². The minimum atomic E-state index is -0.473. The third-order valence-electron chi connectivity index (χ3n) is 5.05. The Bertz CT molecular complexity index is 1010. The molecule has 3 aromatic rings. The molecule has 1 saturated heterocycles. The molecule has 1 amide bonds. The molecule has 1 aromatic heterocycles. The van der Waals surface area contributed by atoms with Gasteiger partial charge >= 0.3 is 0 Å². The van der Waals surface area contributed by atoms with E-state index in [1.165, 1.54) is 24.3 Å². The van der Waals surface area contributed by atoms with Gasteiger partial charge < -0.3 is 10.2 Å². The first kappa shape index (κ1) is 19.4. The lowest BCUT2D eigenvalue weighted by atomic mass is 10.0. The summed E-state index contributed by atoms with van der Waals surface area (Å²) in [6, 6.07) is 11.9. The molecule has 2 heterocycles. The molecule has 150 valence electrons. The molecule has 8 heteroatoms. The Morgan fingerprint density at radius 1 is 1.07 bits per heavy atom. The number of nitrogens with one attached hydrogen (secondary N) is 2. The molecule has 29 heavy (non-hydrogen) atoms. The summed E-state index contributed by atoms with van der Waals surface area (Å²) in [6.45, 7) is 1.46. The van der Waals surface area contributed by atoms with Crippen LogP contribution in [0.4, 0.5) is 14.6 Å². The van der Waals surface area contributed by atoms with Crippen LogP contribution in [0.15, 0.2) is 48.5 Å². The number of piperidine rings is 1. The van der Waals surface area contributed by atoms with Crippen LogP contribution in [0, 0.1) is 11.6 Å². The molecule has 5 nitrogen and oxygen atoms in total. The average Bonchev–Trinajstić information content (AvgIpc) is 3.19. The van der Waals surface area contributed by atoms with Crippen LogP contribution < -0.4 is 10.2 Å². The highest BCUT2D eigenvalue weighted by Crippen LogP contribution is 2.25. The van der Waals surface area contributed by atoms with E-state index < -0.39 is 5.82 Å². The standard InChI is InChI=1S/C21H19ClF2N4O/c22-18-11-15(24)5-6-17(18)21(29)25-16-7-9-28(10-8-16)20-12-19(26-27-20)13-1-3-14(23)4-2-13/h1-6,11-12,16H,7-10H2,(H,25,29)(H,26,27). The number of rotatable bonds is 4. The number of hydrogen-bond donors (Lipinski definition) is 2. The normalized spacial score (nSPS) is 14.8. The second-order valence-corrected chi connectivity index (χ2v) is 7.41. The molecule has 0 atom stereocenters. The van der Waals surface area contributed by atoms with Crippen molar-refractivity contribution in [2.24, 2.45) is 0 Å². The maximum atomic E-state index is 13.2. The monoisotopic (exact) mass is 416 g/mol. The van der Waals surface area contributed by atoms with E-state index in [1.807, 2.05) is 6.07 Å². The SMILES string of the molecule is O=C(NC1CCN(c2cc(-c3ccc(F)cc3)[nH]n2)CC1)c1ccc(F)cc1Cl. The van der Waals surface area contributed by atoms with E-state index in [1.54, 1.807) is 12.1 Å². The molecule has 0 saturated carbocycles. The van der Waals surface area contributed by atoms with Crippen molar-refractivity contribution >= 4 is 23.3 Å². The van der Waals surface area contributed by atoms with Crippen LogP contribution in [-0.2, 0) is 0 Å². The van der Waals surface area contributed by atoms with Crippen LogP contribution in [-0.4, -0.2) is 35.2 Å². The van der Waals surface area contributed by atoms with Crippen LogP contribution in [0.2, 0.25) is 5.02 Å². The minimum Gasteiger partial charge on any atom is -0.355 e. The van der Waals surface area contributed by atoms with Gasteiger partial charge in [0.15, 0.2) is 5.82 Å². The summed E-state index contributed by atoms with van der Waals surface area (Å²) in [4.78, 5) is 14.5. The molecule has 0 aliphatic carbocycles. The van der Waals surface area contributed by atoms with Crippen molar-refractivity contribution in [3.63, 3.8) is 0 Å². The van der Waals surface area contributed by atoms with Crippen LogP contribution in [0.3, 0.4) is 0 Å². The van der Waals surface area contributed by atoms with Crippen LogP contribution >= 0.6 is 11.6 Å². The fourth-order valence-electron chi connectivity index (χ4n) is 3.44. The number of amides is 1. The lowest BCUT2D eigenvalue weighted by Gasteiger charge is -2.32. The summed E-state index contributed by atoms with van der Waals surface area (Å²) < 4.78 is 26.2. The summed E-state index contributed by atoms with van der Waals surface area (Å²) in [5, 5.41) is 10.4. The maximum absolute atomic E-state index is 13.2. The number of H-pyrrole nitrogens is 1. The molecule has 0 radical (unpaired) electrons. The van der Waals surface area contributed by atoms with E-state index >= 15 is 0 Å². The molecule has 4 rings (SSSR count). The number of anilines is 1. The fourth-order valence-corrected chi connectivity index (χ4v) is 3.69. The smallest absolute Gasteiger partial charge is 0.253 e. The quantitative estimate of drug-likeness (QED) is 0.662. The van der Waals surface area contributed by atoms with Gasteiger partial charge in [-0.05, 0) is 60.9 Å². The first-order valence-corrected chi connectivity index (χ1v) is 9.69. The number of carbonyl (C=O) groups is 1. The summed E-state index contributed by atoms with van der Waals surface area (Å²) in [5.41, 5.74) is 1.96. The molecular formula is C21H19ClF2N4O. The van der Waals surface area contributed by atoms with E-state index in [2.05, 4.69) is 20.4 Å². The molecule has 1 fully saturated rings. The molecule has 2 aromatic carbocycles. The van der Waals surface area contributed by atoms with E-state index in [0.29, 0.717) is 0 Å². The summed E-state index contributed by atoms with van der Waals surface area (Å²) >= 11 is 5.97. The predicted octanol–water partition coefficient (Wildman–Crippen LogP) is 4.41. The lowest BCUT2D eigenvalue weighted by molar-refractivity contribution is 0.0931. The molecule has 1 aliphatic heterocycles. The topological polar surface area (TPSA) is 61.0 Å². The van der Waals surface area contributed by atoms with Crippen LogP contribution in [0.1, 0.15) is 23.2 Å². The van der Waals surface area contributed by atoms with Gasteiger partial charge in [0.1, 0.15) is 11.6 Å². The molecular weight excluding hydrogens is 398 g/mol. The van der Waals surface area contributed by atoms with Crippen LogP contribution in [0.5, 0.6) is 0 Å². The number of halogens is 3. The fraction of sp³-hybridized carbons (Fsp3) is 0.238. The number of nitrogens with zero attached hydrogens (tertiary/aromatic N) is 2. The predicted molar refractivity (Wildman–Crippen MR) is 108 cm³/mol. The van der Waals surface area contributed by atoms with Gasteiger partial charge in [0, 0.05) is 25.2 Å². The summed E-state index contributed by atoms with van der Waals surface area (Å²) in [6.07, 6.45) is 1.51. The minimum absolute atomic E-state index is 0.00961. The van der Waals surface area contributed by atoms with E-state index in [4.69, 9.17) is 11.6 Å². The van der Waals surface area contributed by atoms with Crippen molar-refractivity contribution in [1.82, 2.24) is 15.5 Å². The molecule has 0 bridgehead atoms. The van der Waals surface area contributed by atoms with E-state index in [-0.39, 0.29) is 28.4 Å². The molecule has 0 spiro atoms. The zero-order chi connectivity index (χ0) is 20.4. The van der Waals surface area contributed by atoms with Gasteiger partial charge in [-0.25, -0.2) is 8.78 Å². The van der Waals surface area contributed by atoms with Gasteiger partial charge in [-0.2, -0.15) is 5.10 Å². The van der Waals surface area contributed by atoms with Gasteiger partial charge in [-0.1, -0.05) is 11.6 Å². The van der Waals surface area contributed by atoms with Gasteiger partial charge in [-0.3, -0.25) is 9.89 Å². The molecule has 0 unspecified atom stereocenters. The van der Waals surface area contributed by atoms with Crippen molar-refractivity contribution in [3.05, 3.63) is 70.8 Å². The van der Waals surface area contributed by atoms with Gasteiger partial charge in [-0.15, -0.1) is 0 Å². The Morgan fingerprint density at radius 2 is 1.76 bits per heavy atom. The number of carbonyl (C=O) groups excluding carboxylic acids is 1. The van der Waals surface area contributed by atoms with Crippen molar-refractivity contribution < 1.29 is 13.6 Å². The third-order valence-corrected chi connectivity index (χ3v) is 5.36. The largest absolute Gasteiger partial charge is 0.355 e. The van der Waals surface area contributed by atoms with Gasteiger partial charge in [0.05, 0.1) is 16.3 Å². The Morgan fingerprint density at radius 3 is 2.45 bits per heavy atom. The molecule has 2 N–H and O–H groups in total. The highest BCUT2D eigenvalue weighted by molar-refractivity contribution is 6.33. The zero-order valence-corrected chi connectivity index (χ0v) is 16.2. The Kier molecular flexibility index (Phi) is 5.49. The van der Waals surface area contributed by atoms with Crippen molar-refractivity contribution in [2.45, 2.75) is 18.9 Å². The van der Waals surface area contributed by atoms with Crippen LogP contribution in [0.25, 0.3) is 11.3 Å². The third kappa shape index (κ3) is 4.40. The Hall–Kier alpha value is -2.93. The second-order valence-electron chi connectivity index (χ2n) is 7.01. The highest BCUT2D eigenvalue weighted by Gasteiger charge is 2.23. The second kappa shape index (κ2) is 8.21.